The molecule has 1 N–H and O–H groups in total. The zero-order chi connectivity index (χ0) is 11.4. The SMILES string of the molecule is CCC1CCC(O)C(Cc2cccnc2)C1. The molecule has 0 radical (unpaired) electrons. The standard InChI is InChI=1S/C14H21NO/c1-2-11-5-6-14(16)13(8-11)9-12-4-3-7-15-10-12/h3-4,7,10-11,13-14,16H,2,5-6,8-9H2,1H3. The van der Waals surface area contributed by atoms with Crippen molar-refractivity contribution in [1.29, 1.82) is 0 Å². The Morgan fingerprint density at radius 1 is 1.44 bits per heavy atom. The second-order valence-corrected chi connectivity index (χ2v) is 4.98. The van der Waals surface area contributed by atoms with E-state index in [1.807, 2.05) is 12.3 Å². The quantitative estimate of drug-likeness (QED) is 0.848. The normalized spacial score (nSPS) is 30.2. The summed E-state index contributed by atoms with van der Waals surface area (Å²) in [7, 11) is 0. The van der Waals surface area contributed by atoms with Gasteiger partial charge in [-0.3, -0.25) is 4.98 Å². The molecule has 1 fully saturated rings. The zero-order valence-electron chi connectivity index (χ0n) is 9.97. The van der Waals surface area contributed by atoms with Gasteiger partial charge in [0.15, 0.2) is 0 Å². The average Bonchev–Trinajstić information content (AvgIpc) is 2.33. The smallest absolute Gasteiger partial charge is 0.0571 e. The summed E-state index contributed by atoms with van der Waals surface area (Å²) in [6.45, 7) is 2.25. The predicted octanol–water partition coefficient (Wildman–Crippen LogP) is 2.81. The summed E-state index contributed by atoms with van der Waals surface area (Å²) in [6, 6.07) is 4.08. The molecule has 0 saturated heterocycles. The number of pyridine rings is 1. The number of aromatic nitrogens is 1. The molecule has 0 spiro atoms. The molecule has 1 aromatic rings. The molecule has 3 unspecified atom stereocenters. The van der Waals surface area contributed by atoms with Gasteiger partial charge in [0.25, 0.3) is 0 Å². The van der Waals surface area contributed by atoms with Gasteiger partial charge in [-0.25, -0.2) is 0 Å². The van der Waals surface area contributed by atoms with Gasteiger partial charge in [0.2, 0.25) is 0 Å². The molecular weight excluding hydrogens is 198 g/mol. The van der Waals surface area contributed by atoms with Crippen molar-refractivity contribution < 1.29 is 5.11 Å². The second kappa shape index (κ2) is 5.44. The van der Waals surface area contributed by atoms with Gasteiger partial charge in [-0.05, 0) is 49.1 Å². The van der Waals surface area contributed by atoms with Crippen molar-refractivity contribution in [3.63, 3.8) is 0 Å². The Bertz CT molecular complexity index is 312. The van der Waals surface area contributed by atoms with Crippen LogP contribution in [-0.4, -0.2) is 16.2 Å². The second-order valence-electron chi connectivity index (χ2n) is 4.98. The van der Waals surface area contributed by atoms with E-state index in [-0.39, 0.29) is 6.10 Å². The van der Waals surface area contributed by atoms with Crippen LogP contribution in [0.2, 0.25) is 0 Å². The molecule has 2 rings (SSSR count). The van der Waals surface area contributed by atoms with Crippen LogP contribution in [0.1, 0.15) is 38.2 Å². The molecule has 88 valence electrons. The molecule has 2 nitrogen and oxygen atoms in total. The number of aliphatic hydroxyl groups excluding tert-OH is 1. The minimum Gasteiger partial charge on any atom is -0.393 e. The number of hydrogen-bond donors (Lipinski definition) is 1. The fourth-order valence-corrected chi connectivity index (χ4v) is 2.76. The third kappa shape index (κ3) is 2.82. The van der Waals surface area contributed by atoms with Crippen molar-refractivity contribution in [3.8, 4) is 0 Å². The Morgan fingerprint density at radius 2 is 2.31 bits per heavy atom. The van der Waals surface area contributed by atoms with Crippen LogP contribution >= 0.6 is 0 Å². The summed E-state index contributed by atoms with van der Waals surface area (Å²) < 4.78 is 0. The lowest BCUT2D eigenvalue weighted by Crippen LogP contribution is -2.30. The number of aliphatic hydroxyl groups is 1. The third-order valence-electron chi connectivity index (χ3n) is 3.85. The van der Waals surface area contributed by atoms with Gasteiger partial charge < -0.3 is 5.11 Å². The van der Waals surface area contributed by atoms with Crippen LogP contribution in [0.25, 0.3) is 0 Å². The molecule has 0 aliphatic heterocycles. The first kappa shape index (κ1) is 11.6. The highest BCUT2D eigenvalue weighted by molar-refractivity contribution is 5.10. The van der Waals surface area contributed by atoms with Gasteiger partial charge in [-0.2, -0.15) is 0 Å². The Morgan fingerprint density at radius 3 is 3.00 bits per heavy atom. The van der Waals surface area contributed by atoms with E-state index in [1.54, 1.807) is 6.20 Å². The Balaban J connectivity index is 1.97. The largest absolute Gasteiger partial charge is 0.393 e. The van der Waals surface area contributed by atoms with E-state index in [4.69, 9.17) is 0 Å². The van der Waals surface area contributed by atoms with E-state index in [2.05, 4.69) is 18.0 Å². The first-order valence-electron chi connectivity index (χ1n) is 6.36. The topological polar surface area (TPSA) is 33.1 Å². The van der Waals surface area contributed by atoms with Crippen LogP contribution in [0.4, 0.5) is 0 Å². The van der Waals surface area contributed by atoms with E-state index in [1.165, 1.54) is 24.8 Å². The fraction of sp³-hybridized carbons (Fsp3) is 0.643. The molecule has 3 atom stereocenters. The number of rotatable bonds is 3. The number of nitrogens with zero attached hydrogens (tertiary/aromatic N) is 1. The Kier molecular flexibility index (Phi) is 3.94. The Hall–Kier alpha value is -0.890. The summed E-state index contributed by atoms with van der Waals surface area (Å²) in [5, 5.41) is 10.0. The lowest BCUT2D eigenvalue weighted by Gasteiger charge is -2.33. The van der Waals surface area contributed by atoms with Crippen molar-refractivity contribution in [2.24, 2.45) is 11.8 Å². The summed E-state index contributed by atoms with van der Waals surface area (Å²) in [5.74, 6) is 1.24. The van der Waals surface area contributed by atoms with E-state index in [0.29, 0.717) is 5.92 Å². The Labute approximate surface area is 97.7 Å². The first-order chi connectivity index (χ1) is 7.79. The lowest BCUT2D eigenvalue weighted by molar-refractivity contribution is 0.0474. The van der Waals surface area contributed by atoms with Crippen molar-refractivity contribution >= 4 is 0 Å². The van der Waals surface area contributed by atoms with Crippen LogP contribution in [0.5, 0.6) is 0 Å². The zero-order valence-corrected chi connectivity index (χ0v) is 9.97. The molecule has 2 heteroatoms. The van der Waals surface area contributed by atoms with Crippen LogP contribution in [0.3, 0.4) is 0 Å². The fourth-order valence-electron chi connectivity index (χ4n) is 2.76. The van der Waals surface area contributed by atoms with E-state index < -0.39 is 0 Å². The first-order valence-corrected chi connectivity index (χ1v) is 6.36. The molecule has 0 amide bonds. The number of hydrogen-bond acceptors (Lipinski definition) is 2. The van der Waals surface area contributed by atoms with Crippen molar-refractivity contribution in [3.05, 3.63) is 30.1 Å². The van der Waals surface area contributed by atoms with Crippen LogP contribution < -0.4 is 0 Å². The van der Waals surface area contributed by atoms with E-state index in [0.717, 1.165) is 18.8 Å². The molecule has 0 bridgehead atoms. The summed E-state index contributed by atoms with van der Waals surface area (Å²) in [6.07, 6.45) is 9.18. The highest BCUT2D eigenvalue weighted by Gasteiger charge is 2.28. The van der Waals surface area contributed by atoms with Gasteiger partial charge in [0, 0.05) is 12.4 Å². The van der Waals surface area contributed by atoms with Gasteiger partial charge in [0.05, 0.1) is 6.10 Å². The maximum atomic E-state index is 10.0. The van der Waals surface area contributed by atoms with Crippen molar-refractivity contribution in [2.75, 3.05) is 0 Å². The highest BCUT2D eigenvalue weighted by Crippen LogP contribution is 2.33. The molecular formula is C14H21NO. The van der Waals surface area contributed by atoms with Crippen LogP contribution in [0, 0.1) is 11.8 Å². The minimum absolute atomic E-state index is 0.108. The van der Waals surface area contributed by atoms with Crippen LogP contribution in [-0.2, 0) is 6.42 Å². The molecule has 1 aliphatic rings. The minimum atomic E-state index is -0.108. The van der Waals surface area contributed by atoms with Gasteiger partial charge in [-0.15, -0.1) is 0 Å². The molecule has 1 aliphatic carbocycles. The summed E-state index contributed by atoms with van der Waals surface area (Å²) >= 11 is 0. The molecule has 0 aromatic carbocycles. The average molecular weight is 219 g/mol. The van der Waals surface area contributed by atoms with Crippen molar-refractivity contribution in [2.45, 2.75) is 45.1 Å². The summed E-state index contributed by atoms with van der Waals surface area (Å²) in [4.78, 5) is 4.13. The van der Waals surface area contributed by atoms with Gasteiger partial charge in [0.1, 0.15) is 0 Å². The molecule has 1 saturated carbocycles. The summed E-state index contributed by atoms with van der Waals surface area (Å²) in [5.41, 5.74) is 1.25. The lowest BCUT2D eigenvalue weighted by atomic mass is 9.76. The maximum absolute atomic E-state index is 10.0. The predicted molar refractivity (Wildman–Crippen MR) is 65.1 cm³/mol. The molecule has 1 aromatic heterocycles. The highest BCUT2D eigenvalue weighted by atomic mass is 16.3. The molecule has 1 heterocycles. The van der Waals surface area contributed by atoms with E-state index in [9.17, 15) is 5.11 Å². The third-order valence-corrected chi connectivity index (χ3v) is 3.85. The maximum Gasteiger partial charge on any atom is 0.0571 e. The van der Waals surface area contributed by atoms with E-state index >= 15 is 0 Å². The molecule has 16 heavy (non-hydrogen) atoms. The van der Waals surface area contributed by atoms with Gasteiger partial charge in [-0.1, -0.05) is 19.4 Å². The van der Waals surface area contributed by atoms with Gasteiger partial charge >= 0.3 is 0 Å². The van der Waals surface area contributed by atoms with Crippen LogP contribution in [0.15, 0.2) is 24.5 Å². The van der Waals surface area contributed by atoms with Crippen molar-refractivity contribution in [1.82, 2.24) is 4.98 Å². The monoisotopic (exact) mass is 219 g/mol.